The number of likely N-dealkylation sites (tertiary alicyclic amines) is 2. The number of benzene rings is 1. The number of para-hydroxylation sites is 1. The van der Waals surface area contributed by atoms with E-state index in [1.54, 1.807) is 12.3 Å². The maximum Gasteiger partial charge on any atom is 0.272 e. The summed E-state index contributed by atoms with van der Waals surface area (Å²) in [5.41, 5.74) is 2.42. The van der Waals surface area contributed by atoms with Crippen molar-refractivity contribution in [3.8, 4) is 0 Å². The first-order chi connectivity index (χ1) is 18.2. The van der Waals surface area contributed by atoms with Crippen LogP contribution in [0.3, 0.4) is 0 Å². The number of aromatic nitrogens is 2. The Morgan fingerprint density at radius 3 is 2.45 bits per heavy atom. The standard InChI is InChI=1S/C30H37N5O3/c1-5-6-9-19-12-13-24(31-16-19)28(37)34-17-22-15-21(34)18-35(22)29(38)26(30(2,3)4)33-27(36)25-14-20-10-7-8-11-23(20)32-25/h7-8,10-14,16,21-22,26,32H,5-6,9,15,17-18H2,1-4H3,(H,33,36). The minimum absolute atomic E-state index is 0.0388. The van der Waals surface area contributed by atoms with Crippen LogP contribution >= 0.6 is 0 Å². The van der Waals surface area contributed by atoms with Gasteiger partial charge >= 0.3 is 0 Å². The summed E-state index contributed by atoms with van der Waals surface area (Å²) in [5, 5.41) is 3.95. The Bertz CT molecular complexity index is 1310. The SMILES string of the molecule is CCCCc1ccc(C(=O)N2CC3CC2CN3C(=O)C(NC(=O)c2cc3ccccc3[nH]2)C(C)(C)C)nc1. The monoisotopic (exact) mass is 515 g/mol. The molecular formula is C30H37N5O3. The average Bonchev–Trinajstić information content (AvgIpc) is 3.63. The maximum absolute atomic E-state index is 13.8. The van der Waals surface area contributed by atoms with Gasteiger partial charge in [-0.2, -0.15) is 0 Å². The van der Waals surface area contributed by atoms with E-state index in [0.29, 0.717) is 24.5 Å². The third-order valence-electron chi connectivity index (χ3n) is 7.81. The highest BCUT2D eigenvalue weighted by Crippen LogP contribution is 2.34. The Morgan fingerprint density at radius 2 is 1.82 bits per heavy atom. The number of carbonyl (C=O) groups is 3. The van der Waals surface area contributed by atoms with Crippen LogP contribution in [-0.4, -0.2) is 68.7 Å². The number of pyridine rings is 1. The minimum Gasteiger partial charge on any atom is -0.351 e. The lowest BCUT2D eigenvalue weighted by atomic mass is 9.85. The number of fused-ring (bicyclic) bond motifs is 3. The van der Waals surface area contributed by atoms with Gasteiger partial charge in [-0.05, 0) is 48.4 Å². The molecule has 2 aliphatic rings. The molecule has 2 fully saturated rings. The molecule has 3 aromatic rings. The molecule has 5 rings (SSSR count). The molecule has 8 nitrogen and oxygen atoms in total. The van der Waals surface area contributed by atoms with Crippen LogP contribution in [-0.2, 0) is 11.2 Å². The molecule has 1 aromatic carbocycles. The van der Waals surface area contributed by atoms with Gasteiger partial charge in [0.25, 0.3) is 11.8 Å². The Hall–Kier alpha value is -3.68. The average molecular weight is 516 g/mol. The largest absolute Gasteiger partial charge is 0.351 e. The summed E-state index contributed by atoms with van der Waals surface area (Å²) < 4.78 is 0. The van der Waals surface area contributed by atoms with Gasteiger partial charge in [-0.1, -0.05) is 58.4 Å². The van der Waals surface area contributed by atoms with Crippen LogP contribution in [0.15, 0.2) is 48.7 Å². The molecule has 8 heteroatoms. The summed E-state index contributed by atoms with van der Waals surface area (Å²) in [5.74, 6) is -0.477. The molecule has 0 radical (unpaired) electrons. The zero-order valence-corrected chi connectivity index (χ0v) is 22.7. The van der Waals surface area contributed by atoms with Crippen LogP contribution < -0.4 is 5.32 Å². The van der Waals surface area contributed by atoms with Crippen molar-refractivity contribution in [2.24, 2.45) is 5.41 Å². The van der Waals surface area contributed by atoms with Gasteiger partial charge in [0.15, 0.2) is 0 Å². The second kappa shape index (κ2) is 10.2. The summed E-state index contributed by atoms with van der Waals surface area (Å²) in [7, 11) is 0. The normalized spacial score (nSPS) is 19.7. The van der Waals surface area contributed by atoms with Crippen molar-refractivity contribution in [1.29, 1.82) is 0 Å². The van der Waals surface area contributed by atoms with Gasteiger partial charge in [-0.25, -0.2) is 0 Å². The molecule has 0 aliphatic carbocycles. The summed E-state index contributed by atoms with van der Waals surface area (Å²) in [6.45, 7) is 8.99. The molecular weight excluding hydrogens is 478 g/mol. The summed E-state index contributed by atoms with van der Waals surface area (Å²) in [6, 6.07) is 12.5. The minimum atomic E-state index is -0.692. The van der Waals surface area contributed by atoms with Crippen molar-refractivity contribution < 1.29 is 14.4 Å². The smallest absolute Gasteiger partial charge is 0.272 e. The van der Waals surface area contributed by atoms with Crippen LogP contribution in [0.5, 0.6) is 0 Å². The molecule has 2 aromatic heterocycles. The van der Waals surface area contributed by atoms with Gasteiger partial charge in [0.05, 0.1) is 12.1 Å². The Morgan fingerprint density at radius 1 is 1.08 bits per heavy atom. The van der Waals surface area contributed by atoms with E-state index < -0.39 is 11.5 Å². The Kier molecular flexibility index (Phi) is 6.99. The van der Waals surface area contributed by atoms with Crippen LogP contribution in [0.25, 0.3) is 10.9 Å². The van der Waals surface area contributed by atoms with E-state index in [1.165, 1.54) is 0 Å². The van der Waals surface area contributed by atoms with Crippen LogP contribution in [0.4, 0.5) is 0 Å². The zero-order valence-electron chi connectivity index (χ0n) is 22.7. The number of hydrogen-bond acceptors (Lipinski definition) is 4. The molecule has 3 atom stereocenters. The van der Waals surface area contributed by atoms with E-state index in [2.05, 4.69) is 22.2 Å². The number of piperazine rings is 1. The number of hydrogen-bond donors (Lipinski definition) is 2. The Labute approximate surface area is 223 Å². The topological polar surface area (TPSA) is 98.4 Å². The summed E-state index contributed by atoms with van der Waals surface area (Å²) in [4.78, 5) is 51.4. The number of H-pyrrole nitrogens is 1. The van der Waals surface area contributed by atoms with Crippen molar-refractivity contribution in [3.63, 3.8) is 0 Å². The molecule has 2 saturated heterocycles. The van der Waals surface area contributed by atoms with Crippen LogP contribution in [0.1, 0.15) is 73.5 Å². The number of aromatic amines is 1. The molecule has 4 heterocycles. The van der Waals surface area contributed by atoms with Gasteiger partial charge < -0.3 is 20.1 Å². The van der Waals surface area contributed by atoms with E-state index >= 15 is 0 Å². The van der Waals surface area contributed by atoms with E-state index in [1.807, 2.05) is 67.0 Å². The van der Waals surface area contributed by atoms with E-state index in [9.17, 15) is 14.4 Å². The third-order valence-corrected chi connectivity index (χ3v) is 7.81. The van der Waals surface area contributed by atoms with Crippen LogP contribution in [0.2, 0.25) is 0 Å². The molecule has 0 saturated carbocycles. The third kappa shape index (κ3) is 5.04. The van der Waals surface area contributed by atoms with Gasteiger partial charge in [0.1, 0.15) is 17.4 Å². The lowest BCUT2D eigenvalue weighted by Crippen LogP contribution is -2.59. The van der Waals surface area contributed by atoms with E-state index in [0.717, 1.165) is 42.1 Å². The first kappa shape index (κ1) is 25.9. The molecule has 2 bridgehead atoms. The van der Waals surface area contributed by atoms with Crippen molar-refractivity contribution in [1.82, 2.24) is 25.1 Å². The van der Waals surface area contributed by atoms with E-state index in [-0.39, 0.29) is 29.8 Å². The predicted molar refractivity (Wildman–Crippen MR) is 147 cm³/mol. The number of nitrogens with zero attached hydrogens (tertiary/aromatic N) is 3. The summed E-state index contributed by atoms with van der Waals surface area (Å²) >= 11 is 0. The van der Waals surface area contributed by atoms with E-state index in [4.69, 9.17) is 0 Å². The second-order valence-corrected chi connectivity index (χ2v) is 11.7. The lowest BCUT2D eigenvalue weighted by Gasteiger charge is -2.39. The first-order valence-corrected chi connectivity index (χ1v) is 13.6. The quantitative estimate of drug-likeness (QED) is 0.493. The van der Waals surface area contributed by atoms with Gasteiger partial charge in [-0.15, -0.1) is 0 Å². The number of aryl methyl sites for hydroxylation is 1. The van der Waals surface area contributed by atoms with Crippen molar-refractivity contribution in [3.05, 3.63) is 65.6 Å². The molecule has 3 unspecified atom stereocenters. The highest BCUT2D eigenvalue weighted by molar-refractivity contribution is 6.00. The van der Waals surface area contributed by atoms with Crippen molar-refractivity contribution in [2.75, 3.05) is 13.1 Å². The molecule has 3 amide bonds. The highest BCUT2D eigenvalue weighted by Gasteiger charge is 2.50. The molecule has 38 heavy (non-hydrogen) atoms. The number of unbranched alkanes of at least 4 members (excludes halogenated alkanes) is 1. The highest BCUT2D eigenvalue weighted by atomic mass is 16.2. The fourth-order valence-electron chi connectivity index (χ4n) is 5.63. The molecule has 2 N–H and O–H groups in total. The van der Waals surface area contributed by atoms with Crippen molar-refractivity contribution >= 4 is 28.6 Å². The molecule has 2 aliphatic heterocycles. The maximum atomic E-state index is 13.8. The van der Waals surface area contributed by atoms with Gasteiger partial charge in [0, 0.05) is 30.2 Å². The van der Waals surface area contributed by atoms with Crippen LogP contribution in [0, 0.1) is 5.41 Å². The first-order valence-electron chi connectivity index (χ1n) is 13.6. The van der Waals surface area contributed by atoms with Crippen molar-refractivity contribution in [2.45, 2.75) is 71.5 Å². The fourth-order valence-corrected chi connectivity index (χ4v) is 5.63. The number of nitrogens with one attached hydrogen (secondary N) is 2. The molecule has 0 spiro atoms. The second-order valence-electron chi connectivity index (χ2n) is 11.7. The van der Waals surface area contributed by atoms with Gasteiger partial charge in [0.2, 0.25) is 5.91 Å². The zero-order chi connectivity index (χ0) is 27.0. The Balaban J connectivity index is 1.25. The number of carbonyl (C=O) groups excluding carboxylic acids is 3. The lowest BCUT2D eigenvalue weighted by molar-refractivity contribution is -0.138. The number of rotatable bonds is 7. The fraction of sp³-hybridized carbons (Fsp3) is 0.467. The number of amides is 3. The van der Waals surface area contributed by atoms with Gasteiger partial charge in [-0.3, -0.25) is 19.4 Å². The summed E-state index contributed by atoms with van der Waals surface area (Å²) in [6.07, 6.45) is 5.74. The predicted octanol–water partition coefficient (Wildman–Crippen LogP) is 4.18. The molecule has 200 valence electrons.